The summed E-state index contributed by atoms with van der Waals surface area (Å²) in [4.78, 5) is 26.4. The van der Waals surface area contributed by atoms with Crippen LogP contribution in [0.1, 0.15) is 22.7 Å². The Balaban J connectivity index is 1.77. The zero-order valence-electron chi connectivity index (χ0n) is 14.4. The summed E-state index contributed by atoms with van der Waals surface area (Å²) >= 11 is 0. The van der Waals surface area contributed by atoms with Crippen molar-refractivity contribution in [3.8, 4) is 0 Å². The molecule has 25 heavy (non-hydrogen) atoms. The second kappa shape index (κ2) is 7.49. The number of hydrogen-bond donors (Lipinski definition) is 1. The van der Waals surface area contributed by atoms with Crippen LogP contribution in [0.15, 0.2) is 54.6 Å². The van der Waals surface area contributed by atoms with E-state index in [9.17, 15) is 9.59 Å². The number of carbonyl (C=O) groups is 2. The van der Waals surface area contributed by atoms with Crippen molar-refractivity contribution < 1.29 is 14.3 Å². The van der Waals surface area contributed by atoms with E-state index >= 15 is 0 Å². The Bertz CT molecular complexity index is 761. The number of nitrogens with zero attached hydrogens (tertiary/aromatic N) is 1. The lowest BCUT2D eigenvalue weighted by atomic mass is 9.97. The fourth-order valence-corrected chi connectivity index (χ4v) is 3.07. The minimum Gasteiger partial charge on any atom is -0.356 e. The highest BCUT2D eigenvalue weighted by Gasteiger charge is 2.39. The first-order valence-electron chi connectivity index (χ1n) is 8.32. The molecule has 0 saturated carbocycles. The number of ether oxygens (including phenoxy) is 1. The number of benzene rings is 2. The van der Waals surface area contributed by atoms with Crippen LogP contribution in [-0.2, 0) is 20.9 Å². The Labute approximate surface area is 147 Å². The van der Waals surface area contributed by atoms with Crippen molar-refractivity contribution in [1.82, 2.24) is 10.2 Å². The lowest BCUT2D eigenvalue weighted by Gasteiger charge is -2.38. The lowest BCUT2D eigenvalue weighted by Crippen LogP contribution is -2.52. The maximum atomic E-state index is 12.7. The van der Waals surface area contributed by atoms with Crippen LogP contribution in [0.3, 0.4) is 0 Å². The summed E-state index contributed by atoms with van der Waals surface area (Å²) in [6, 6.07) is 17.0. The topological polar surface area (TPSA) is 58.6 Å². The number of amides is 2. The molecule has 130 valence electrons. The number of morpholine rings is 1. The lowest BCUT2D eigenvalue weighted by molar-refractivity contribution is -0.162. The van der Waals surface area contributed by atoms with Crippen molar-refractivity contribution in [2.24, 2.45) is 0 Å². The molecule has 5 nitrogen and oxygen atoms in total. The molecule has 0 spiro atoms. The van der Waals surface area contributed by atoms with Crippen LogP contribution < -0.4 is 5.32 Å². The number of rotatable bonds is 4. The number of likely N-dealkylation sites (N-methyl/N-ethyl adjacent to an activating group) is 1. The van der Waals surface area contributed by atoms with E-state index in [-0.39, 0.29) is 18.4 Å². The van der Waals surface area contributed by atoms with Crippen LogP contribution >= 0.6 is 0 Å². The fraction of sp³-hybridized carbons (Fsp3) is 0.300. The minimum atomic E-state index is -0.728. The van der Waals surface area contributed by atoms with Crippen molar-refractivity contribution in [2.75, 3.05) is 13.7 Å². The molecule has 5 heteroatoms. The largest absolute Gasteiger partial charge is 0.356 e. The van der Waals surface area contributed by atoms with Crippen molar-refractivity contribution in [2.45, 2.75) is 25.6 Å². The zero-order valence-corrected chi connectivity index (χ0v) is 14.4. The zero-order chi connectivity index (χ0) is 17.8. The normalized spacial score (nSPS) is 20.4. The molecular formula is C20H22N2O3. The molecule has 1 fully saturated rings. The van der Waals surface area contributed by atoms with Crippen LogP contribution in [0.4, 0.5) is 0 Å². The Morgan fingerprint density at radius 3 is 2.56 bits per heavy atom. The van der Waals surface area contributed by atoms with E-state index in [1.807, 2.05) is 61.5 Å². The summed E-state index contributed by atoms with van der Waals surface area (Å²) in [5, 5.41) is 2.94. The highest BCUT2D eigenvalue weighted by Crippen LogP contribution is 2.29. The highest BCUT2D eigenvalue weighted by atomic mass is 16.5. The van der Waals surface area contributed by atoms with Crippen molar-refractivity contribution in [1.29, 1.82) is 0 Å². The quantitative estimate of drug-likeness (QED) is 0.930. The Hall–Kier alpha value is -2.66. The molecule has 1 saturated heterocycles. The van der Waals surface area contributed by atoms with Crippen LogP contribution in [0.5, 0.6) is 0 Å². The molecule has 0 radical (unpaired) electrons. The molecule has 2 aromatic carbocycles. The molecule has 1 heterocycles. The molecule has 0 bridgehead atoms. The molecule has 2 atom stereocenters. The third-order valence-corrected chi connectivity index (χ3v) is 4.60. The van der Waals surface area contributed by atoms with Gasteiger partial charge in [-0.3, -0.25) is 9.59 Å². The molecule has 2 aromatic rings. The second-order valence-corrected chi connectivity index (χ2v) is 6.24. The molecule has 1 aliphatic heterocycles. The smallest absolute Gasteiger partial charge is 0.251 e. The van der Waals surface area contributed by atoms with Gasteiger partial charge < -0.3 is 15.0 Å². The van der Waals surface area contributed by atoms with E-state index in [0.29, 0.717) is 6.54 Å². The van der Waals surface area contributed by atoms with Gasteiger partial charge in [-0.15, -0.1) is 0 Å². The first kappa shape index (κ1) is 17.2. The average molecular weight is 338 g/mol. The Kier molecular flexibility index (Phi) is 5.14. The van der Waals surface area contributed by atoms with Crippen molar-refractivity contribution in [3.63, 3.8) is 0 Å². The monoisotopic (exact) mass is 338 g/mol. The average Bonchev–Trinajstić information content (AvgIpc) is 2.63. The number of hydrogen-bond acceptors (Lipinski definition) is 3. The van der Waals surface area contributed by atoms with Gasteiger partial charge in [0.2, 0.25) is 5.91 Å². The van der Waals surface area contributed by atoms with E-state index in [2.05, 4.69) is 5.32 Å². The predicted molar refractivity (Wildman–Crippen MR) is 94.7 cm³/mol. The Morgan fingerprint density at radius 1 is 1.16 bits per heavy atom. The molecule has 0 aromatic heterocycles. The summed E-state index contributed by atoms with van der Waals surface area (Å²) in [5.41, 5.74) is 3.07. The van der Waals surface area contributed by atoms with Gasteiger partial charge in [-0.1, -0.05) is 54.6 Å². The highest BCUT2D eigenvalue weighted by molar-refractivity contribution is 5.86. The van der Waals surface area contributed by atoms with Gasteiger partial charge in [-0.05, 0) is 23.6 Å². The van der Waals surface area contributed by atoms with Crippen LogP contribution in [0.25, 0.3) is 0 Å². The van der Waals surface area contributed by atoms with Gasteiger partial charge in [0.15, 0.2) is 6.10 Å². The van der Waals surface area contributed by atoms with Gasteiger partial charge in [0.25, 0.3) is 5.91 Å². The first-order chi connectivity index (χ1) is 12.1. The number of carbonyl (C=O) groups excluding carboxylic acids is 2. The van der Waals surface area contributed by atoms with Crippen molar-refractivity contribution >= 4 is 11.8 Å². The standard InChI is InChI=1S/C20H22N2O3/c1-14-8-6-7-11-16(14)12-21-20(24)19-18(15-9-4-3-5-10-15)22(2)17(23)13-25-19/h3-11,18-19H,12-13H2,1-2H3,(H,21,24). The minimum absolute atomic E-state index is 0.0811. The molecule has 0 aliphatic carbocycles. The van der Waals surface area contributed by atoms with Crippen LogP contribution in [0, 0.1) is 6.92 Å². The second-order valence-electron chi connectivity index (χ2n) is 6.24. The fourth-order valence-electron chi connectivity index (χ4n) is 3.07. The summed E-state index contributed by atoms with van der Waals surface area (Å²) in [7, 11) is 1.71. The van der Waals surface area contributed by atoms with E-state index in [0.717, 1.165) is 16.7 Å². The van der Waals surface area contributed by atoms with Crippen LogP contribution in [-0.4, -0.2) is 36.5 Å². The van der Waals surface area contributed by atoms with E-state index < -0.39 is 12.1 Å². The number of nitrogens with one attached hydrogen (secondary N) is 1. The molecule has 2 amide bonds. The molecule has 3 rings (SSSR count). The first-order valence-corrected chi connectivity index (χ1v) is 8.32. The molecule has 1 N–H and O–H groups in total. The van der Waals surface area contributed by atoms with Gasteiger partial charge >= 0.3 is 0 Å². The van der Waals surface area contributed by atoms with Crippen molar-refractivity contribution in [3.05, 3.63) is 71.3 Å². The molecular weight excluding hydrogens is 316 g/mol. The van der Waals surface area contributed by atoms with E-state index in [4.69, 9.17) is 4.74 Å². The van der Waals surface area contributed by atoms with Gasteiger partial charge in [0.1, 0.15) is 6.61 Å². The Morgan fingerprint density at radius 2 is 1.84 bits per heavy atom. The van der Waals surface area contributed by atoms with Gasteiger partial charge in [-0.25, -0.2) is 0 Å². The maximum absolute atomic E-state index is 12.7. The molecule has 2 unspecified atom stereocenters. The summed E-state index contributed by atoms with van der Waals surface area (Å²) in [6.45, 7) is 2.37. The van der Waals surface area contributed by atoms with Gasteiger partial charge in [-0.2, -0.15) is 0 Å². The number of aryl methyl sites for hydroxylation is 1. The van der Waals surface area contributed by atoms with Gasteiger partial charge in [0.05, 0.1) is 6.04 Å². The third-order valence-electron chi connectivity index (χ3n) is 4.60. The van der Waals surface area contributed by atoms with Crippen LogP contribution in [0.2, 0.25) is 0 Å². The van der Waals surface area contributed by atoms with E-state index in [1.165, 1.54) is 0 Å². The predicted octanol–water partition coefficient (Wildman–Crippen LogP) is 2.21. The summed E-state index contributed by atoms with van der Waals surface area (Å²) in [6.07, 6.45) is -0.728. The SMILES string of the molecule is Cc1ccccc1CNC(=O)C1OCC(=O)N(C)C1c1ccccc1. The summed E-state index contributed by atoms with van der Waals surface area (Å²) in [5.74, 6) is -0.340. The maximum Gasteiger partial charge on any atom is 0.251 e. The third kappa shape index (κ3) is 3.72. The van der Waals surface area contributed by atoms with Gasteiger partial charge in [0, 0.05) is 13.6 Å². The molecule has 1 aliphatic rings. The summed E-state index contributed by atoms with van der Waals surface area (Å²) < 4.78 is 5.60. The van der Waals surface area contributed by atoms with E-state index in [1.54, 1.807) is 11.9 Å².